The zero-order valence-electron chi connectivity index (χ0n) is 16.4. The lowest BCUT2D eigenvalue weighted by molar-refractivity contribution is 0.249. The summed E-state index contributed by atoms with van der Waals surface area (Å²) >= 11 is 0. The molecule has 1 atom stereocenters. The third-order valence-corrected chi connectivity index (χ3v) is 4.51. The fourth-order valence-electron chi connectivity index (χ4n) is 3.05. The van der Waals surface area contributed by atoms with Crippen LogP contribution in [-0.2, 0) is 6.42 Å². The number of nitrogens with zero attached hydrogens (tertiary/aromatic N) is 2. The van der Waals surface area contributed by atoms with Gasteiger partial charge in [0, 0.05) is 18.2 Å². The number of aromatic nitrogens is 2. The summed E-state index contributed by atoms with van der Waals surface area (Å²) < 4.78 is 10.6. The van der Waals surface area contributed by atoms with Gasteiger partial charge in [-0.25, -0.2) is 4.79 Å². The number of urea groups is 1. The quantitative estimate of drug-likeness (QED) is 0.670. The molecule has 7 nitrogen and oxygen atoms in total. The molecule has 1 heterocycles. The van der Waals surface area contributed by atoms with Gasteiger partial charge in [0.1, 0.15) is 11.8 Å². The molecule has 28 heavy (non-hydrogen) atoms. The van der Waals surface area contributed by atoms with Gasteiger partial charge in [0.25, 0.3) is 0 Å². The minimum absolute atomic E-state index is 0.357. The molecular weight excluding hydrogens is 356 g/mol. The fraction of sp³-hybridized carbons (Fsp3) is 0.286. The molecule has 0 saturated heterocycles. The lowest BCUT2D eigenvalue weighted by atomic mass is 10.0. The predicted molar refractivity (Wildman–Crippen MR) is 107 cm³/mol. The van der Waals surface area contributed by atoms with Crippen LogP contribution in [0.2, 0.25) is 0 Å². The van der Waals surface area contributed by atoms with Crippen molar-refractivity contribution in [3.05, 3.63) is 70.9 Å². The topological polar surface area (TPSA) is 89.3 Å². The van der Waals surface area contributed by atoms with Crippen molar-refractivity contribution in [2.24, 2.45) is 0 Å². The average Bonchev–Trinajstić information content (AvgIpc) is 3.13. The fourth-order valence-corrected chi connectivity index (χ4v) is 3.05. The molecular formula is C21H24N4O3. The van der Waals surface area contributed by atoms with Gasteiger partial charge in [-0.2, -0.15) is 4.98 Å². The molecule has 0 fully saturated rings. The van der Waals surface area contributed by atoms with E-state index in [4.69, 9.17) is 9.26 Å². The number of anilines is 1. The molecule has 0 saturated carbocycles. The van der Waals surface area contributed by atoms with E-state index in [0.717, 1.165) is 17.7 Å². The SMILES string of the molecule is CCc1cc(NC(=O)NC(c2noc(C)n2)c2ccccc2OC)ccc1C. The number of benzene rings is 2. The minimum Gasteiger partial charge on any atom is -0.496 e. The molecule has 1 unspecified atom stereocenters. The second-order valence-electron chi connectivity index (χ2n) is 6.44. The van der Waals surface area contributed by atoms with Crippen LogP contribution in [0.25, 0.3) is 0 Å². The van der Waals surface area contributed by atoms with Gasteiger partial charge in [-0.05, 0) is 42.7 Å². The van der Waals surface area contributed by atoms with Crippen LogP contribution in [0.15, 0.2) is 47.0 Å². The number of aryl methyl sites for hydroxylation is 3. The van der Waals surface area contributed by atoms with Crippen LogP contribution in [0.4, 0.5) is 10.5 Å². The van der Waals surface area contributed by atoms with Crippen LogP contribution in [0.1, 0.15) is 41.4 Å². The normalized spacial score (nSPS) is 11.7. The molecule has 0 aliphatic heterocycles. The standard InChI is InChI=1S/C21H24N4O3/c1-5-15-12-16(11-10-13(15)2)23-21(26)24-19(20-22-14(3)28-25-20)17-8-6-7-9-18(17)27-4/h6-12,19H,5H2,1-4H3,(H2,23,24,26). The van der Waals surface area contributed by atoms with Crippen molar-refractivity contribution in [3.8, 4) is 5.75 Å². The van der Waals surface area contributed by atoms with Crippen molar-refractivity contribution >= 4 is 11.7 Å². The number of ether oxygens (including phenoxy) is 1. The Morgan fingerprint density at radius 2 is 2.00 bits per heavy atom. The van der Waals surface area contributed by atoms with E-state index in [9.17, 15) is 4.79 Å². The molecule has 1 aromatic heterocycles. The lowest BCUT2D eigenvalue weighted by Crippen LogP contribution is -2.34. The molecule has 0 aliphatic carbocycles. The van der Waals surface area contributed by atoms with E-state index in [0.29, 0.717) is 17.5 Å². The number of para-hydroxylation sites is 1. The first-order valence-electron chi connectivity index (χ1n) is 9.12. The molecule has 2 N–H and O–H groups in total. The minimum atomic E-state index is -0.621. The maximum Gasteiger partial charge on any atom is 0.320 e. The Morgan fingerprint density at radius 1 is 1.21 bits per heavy atom. The van der Waals surface area contributed by atoms with Crippen molar-refractivity contribution in [2.45, 2.75) is 33.2 Å². The summed E-state index contributed by atoms with van der Waals surface area (Å²) in [4.78, 5) is 17.0. The van der Waals surface area contributed by atoms with Crippen LogP contribution >= 0.6 is 0 Å². The maximum atomic E-state index is 12.7. The highest BCUT2D eigenvalue weighted by atomic mass is 16.5. The van der Waals surface area contributed by atoms with E-state index in [1.807, 2.05) is 42.5 Å². The Labute approximate surface area is 164 Å². The number of carbonyl (C=O) groups excluding carboxylic acids is 1. The first-order valence-corrected chi connectivity index (χ1v) is 9.12. The summed E-state index contributed by atoms with van der Waals surface area (Å²) in [5, 5.41) is 9.79. The predicted octanol–water partition coefficient (Wildman–Crippen LogP) is 4.17. The molecule has 3 rings (SSSR count). The Balaban J connectivity index is 1.86. The molecule has 0 bridgehead atoms. The van der Waals surface area contributed by atoms with Gasteiger partial charge in [-0.15, -0.1) is 0 Å². The number of carbonyl (C=O) groups is 1. The van der Waals surface area contributed by atoms with Gasteiger partial charge in [0.2, 0.25) is 5.89 Å². The third kappa shape index (κ3) is 4.31. The van der Waals surface area contributed by atoms with Gasteiger partial charge < -0.3 is 19.9 Å². The van der Waals surface area contributed by atoms with Gasteiger partial charge in [0.15, 0.2) is 5.82 Å². The van der Waals surface area contributed by atoms with E-state index in [2.05, 4.69) is 34.6 Å². The van der Waals surface area contributed by atoms with Gasteiger partial charge in [-0.1, -0.05) is 36.3 Å². The highest BCUT2D eigenvalue weighted by Gasteiger charge is 2.25. The van der Waals surface area contributed by atoms with Crippen molar-refractivity contribution in [1.29, 1.82) is 0 Å². The van der Waals surface area contributed by atoms with E-state index >= 15 is 0 Å². The Morgan fingerprint density at radius 3 is 2.68 bits per heavy atom. The number of rotatable bonds is 6. The van der Waals surface area contributed by atoms with Crippen LogP contribution in [0.5, 0.6) is 5.75 Å². The van der Waals surface area contributed by atoms with Crippen LogP contribution in [0, 0.1) is 13.8 Å². The highest BCUT2D eigenvalue weighted by molar-refractivity contribution is 5.90. The van der Waals surface area contributed by atoms with Crippen LogP contribution in [0.3, 0.4) is 0 Å². The van der Waals surface area contributed by atoms with E-state index in [1.165, 1.54) is 11.1 Å². The molecule has 0 radical (unpaired) electrons. The molecule has 0 spiro atoms. The molecule has 2 aromatic carbocycles. The summed E-state index contributed by atoms with van der Waals surface area (Å²) in [6.07, 6.45) is 0.898. The van der Waals surface area contributed by atoms with E-state index in [-0.39, 0.29) is 6.03 Å². The monoisotopic (exact) mass is 380 g/mol. The Hall–Kier alpha value is -3.35. The van der Waals surface area contributed by atoms with Gasteiger partial charge in [0.05, 0.1) is 7.11 Å². The van der Waals surface area contributed by atoms with Gasteiger partial charge in [-0.3, -0.25) is 0 Å². The first-order chi connectivity index (χ1) is 13.5. The van der Waals surface area contributed by atoms with Crippen molar-refractivity contribution < 1.29 is 14.1 Å². The number of amides is 2. The summed E-state index contributed by atoms with van der Waals surface area (Å²) in [6.45, 7) is 5.84. The van der Waals surface area contributed by atoms with Gasteiger partial charge >= 0.3 is 6.03 Å². The van der Waals surface area contributed by atoms with Crippen LogP contribution in [-0.4, -0.2) is 23.3 Å². The summed E-state index contributed by atoms with van der Waals surface area (Å²) in [5.41, 5.74) is 3.85. The lowest BCUT2D eigenvalue weighted by Gasteiger charge is -2.19. The summed E-state index contributed by atoms with van der Waals surface area (Å²) in [5.74, 6) is 1.40. The van der Waals surface area contributed by atoms with Crippen LogP contribution < -0.4 is 15.4 Å². The molecule has 146 valence electrons. The molecule has 7 heteroatoms. The molecule has 3 aromatic rings. The first kappa shape index (κ1) is 19.4. The molecule has 0 aliphatic rings. The van der Waals surface area contributed by atoms with E-state index < -0.39 is 6.04 Å². The second kappa shape index (κ2) is 8.56. The molecule has 2 amide bonds. The largest absolute Gasteiger partial charge is 0.496 e. The average molecular weight is 380 g/mol. The number of hydrogen-bond donors (Lipinski definition) is 2. The summed E-state index contributed by atoms with van der Waals surface area (Å²) in [7, 11) is 1.58. The zero-order chi connectivity index (χ0) is 20.1. The summed E-state index contributed by atoms with van der Waals surface area (Å²) in [6, 6.07) is 12.3. The number of nitrogens with one attached hydrogen (secondary N) is 2. The maximum absolute atomic E-state index is 12.7. The second-order valence-corrected chi connectivity index (χ2v) is 6.44. The van der Waals surface area contributed by atoms with E-state index in [1.54, 1.807) is 14.0 Å². The smallest absolute Gasteiger partial charge is 0.320 e. The third-order valence-electron chi connectivity index (χ3n) is 4.51. The Kier molecular flexibility index (Phi) is 5.93. The van der Waals surface area contributed by atoms with Crippen molar-refractivity contribution in [2.75, 3.05) is 12.4 Å². The number of methoxy groups -OCH3 is 1. The Bertz CT molecular complexity index is 968. The van der Waals surface area contributed by atoms with Crippen molar-refractivity contribution in [1.82, 2.24) is 15.5 Å². The highest BCUT2D eigenvalue weighted by Crippen LogP contribution is 2.28. The van der Waals surface area contributed by atoms with Crippen molar-refractivity contribution in [3.63, 3.8) is 0 Å². The zero-order valence-corrected chi connectivity index (χ0v) is 16.4. The number of hydrogen-bond acceptors (Lipinski definition) is 5.